The Morgan fingerprint density at radius 1 is 0.944 bits per heavy atom. The molecule has 0 aliphatic carbocycles. The highest BCUT2D eigenvalue weighted by Gasteiger charge is 2.24. The van der Waals surface area contributed by atoms with Crippen LogP contribution in [0, 0.1) is 11.7 Å². The molecule has 1 fully saturated rings. The molecule has 3 aromatic rings. The van der Waals surface area contributed by atoms with Gasteiger partial charge in [0, 0.05) is 38.1 Å². The second-order valence-electron chi connectivity index (χ2n) is 9.03. The first-order valence-corrected chi connectivity index (χ1v) is 12.3. The minimum absolute atomic E-state index is 0.0480. The van der Waals surface area contributed by atoms with Crippen molar-refractivity contribution in [3.05, 3.63) is 95.3 Å². The number of piperidine rings is 1. The number of methoxy groups -OCH3 is 1. The number of amides is 2. The minimum atomic E-state index is -0.595. The normalized spacial score (nSPS) is 13.9. The van der Waals surface area contributed by atoms with Gasteiger partial charge in [-0.25, -0.2) is 4.39 Å². The molecule has 7 heteroatoms. The third-order valence-electron chi connectivity index (χ3n) is 6.53. The molecule has 3 aromatic carbocycles. The van der Waals surface area contributed by atoms with E-state index < -0.39 is 11.7 Å². The van der Waals surface area contributed by atoms with Gasteiger partial charge in [-0.15, -0.1) is 0 Å². The fourth-order valence-corrected chi connectivity index (χ4v) is 4.60. The number of hydrogen-bond donors (Lipinski definition) is 2. The molecule has 2 N–H and O–H groups in total. The second kappa shape index (κ2) is 12.3. The number of rotatable bonds is 9. The predicted octanol–water partition coefficient (Wildman–Crippen LogP) is 4.91. The van der Waals surface area contributed by atoms with Crippen LogP contribution in [-0.4, -0.2) is 45.2 Å². The van der Waals surface area contributed by atoms with Gasteiger partial charge < -0.3 is 20.3 Å². The van der Waals surface area contributed by atoms with Gasteiger partial charge in [-0.2, -0.15) is 0 Å². The largest absolute Gasteiger partial charge is 0.383 e. The summed E-state index contributed by atoms with van der Waals surface area (Å²) in [5, 5.41) is 5.60. The number of nitrogens with zero attached hydrogens (tertiary/aromatic N) is 1. The van der Waals surface area contributed by atoms with Crippen LogP contribution in [0.5, 0.6) is 0 Å². The van der Waals surface area contributed by atoms with E-state index in [0.29, 0.717) is 30.3 Å². The van der Waals surface area contributed by atoms with Gasteiger partial charge in [0.2, 0.25) is 0 Å². The summed E-state index contributed by atoms with van der Waals surface area (Å²) in [6.45, 7) is 2.46. The fourth-order valence-electron chi connectivity index (χ4n) is 4.60. The van der Waals surface area contributed by atoms with Gasteiger partial charge in [0.05, 0.1) is 17.7 Å². The number of anilines is 2. The van der Waals surface area contributed by atoms with Gasteiger partial charge in [-0.05, 0) is 61.1 Å². The Morgan fingerprint density at radius 2 is 1.67 bits per heavy atom. The number of ether oxygens (including phenoxy) is 1. The summed E-state index contributed by atoms with van der Waals surface area (Å²) in [6, 6.07) is 21.6. The molecule has 1 heterocycles. The van der Waals surface area contributed by atoms with Crippen LogP contribution in [0.4, 0.5) is 15.8 Å². The highest BCUT2D eigenvalue weighted by atomic mass is 19.1. The van der Waals surface area contributed by atoms with Gasteiger partial charge in [0.1, 0.15) is 5.82 Å². The SMILES string of the molecule is COCCNC(=O)c1cc(NC(=O)c2ccccc2F)ccc1N1CCC(Cc2ccccc2)CC1. The molecular formula is C29H32FN3O3. The number of carbonyl (C=O) groups excluding carboxylic acids is 2. The van der Waals surface area contributed by atoms with Crippen molar-refractivity contribution >= 4 is 23.2 Å². The monoisotopic (exact) mass is 489 g/mol. The molecule has 0 aromatic heterocycles. The summed E-state index contributed by atoms with van der Waals surface area (Å²) >= 11 is 0. The van der Waals surface area contributed by atoms with Crippen LogP contribution in [0.2, 0.25) is 0 Å². The zero-order valence-corrected chi connectivity index (χ0v) is 20.5. The molecular weight excluding hydrogens is 457 g/mol. The first-order valence-electron chi connectivity index (χ1n) is 12.3. The number of carbonyl (C=O) groups is 2. The van der Waals surface area contributed by atoms with E-state index in [4.69, 9.17) is 4.74 Å². The van der Waals surface area contributed by atoms with E-state index >= 15 is 0 Å². The maximum Gasteiger partial charge on any atom is 0.258 e. The van der Waals surface area contributed by atoms with Crippen LogP contribution in [-0.2, 0) is 11.2 Å². The summed E-state index contributed by atoms with van der Waals surface area (Å²) in [4.78, 5) is 27.9. The van der Waals surface area contributed by atoms with Crippen molar-refractivity contribution in [1.29, 1.82) is 0 Å². The zero-order valence-electron chi connectivity index (χ0n) is 20.5. The number of benzene rings is 3. The Labute approximate surface area is 211 Å². The van der Waals surface area contributed by atoms with E-state index in [1.54, 1.807) is 25.3 Å². The summed E-state index contributed by atoms with van der Waals surface area (Å²) in [7, 11) is 1.58. The van der Waals surface area contributed by atoms with Crippen molar-refractivity contribution in [2.75, 3.05) is 43.6 Å². The number of halogens is 1. The van der Waals surface area contributed by atoms with E-state index in [2.05, 4.69) is 39.8 Å². The van der Waals surface area contributed by atoms with Gasteiger partial charge in [-0.1, -0.05) is 42.5 Å². The molecule has 0 spiro atoms. The van der Waals surface area contributed by atoms with Crippen molar-refractivity contribution in [3.8, 4) is 0 Å². The Kier molecular flexibility index (Phi) is 8.68. The lowest BCUT2D eigenvalue weighted by Crippen LogP contribution is -2.36. The highest BCUT2D eigenvalue weighted by molar-refractivity contribution is 6.06. The Bertz CT molecular complexity index is 1180. The van der Waals surface area contributed by atoms with Crippen molar-refractivity contribution in [1.82, 2.24) is 5.32 Å². The molecule has 0 radical (unpaired) electrons. The predicted molar refractivity (Wildman–Crippen MR) is 140 cm³/mol. The van der Waals surface area contributed by atoms with Crippen LogP contribution in [0.3, 0.4) is 0 Å². The quantitative estimate of drug-likeness (QED) is 0.419. The summed E-state index contributed by atoms with van der Waals surface area (Å²) in [6.07, 6.45) is 3.12. The zero-order chi connectivity index (χ0) is 25.3. The maximum atomic E-state index is 14.1. The van der Waals surface area contributed by atoms with Gasteiger partial charge in [0.25, 0.3) is 11.8 Å². The average molecular weight is 490 g/mol. The van der Waals surface area contributed by atoms with Gasteiger partial charge in [0.15, 0.2) is 0 Å². The lowest BCUT2D eigenvalue weighted by molar-refractivity contribution is 0.0936. The molecule has 36 heavy (non-hydrogen) atoms. The lowest BCUT2D eigenvalue weighted by Gasteiger charge is -2.35. The van der Waals surface area contributed by atoms with E-state index in [0.717, 1.165) is 38.0 Å². The Morgan fingerprint density at radius 3 is 2.39 bits per heavy atom. The average Bonchev–Trinajstić information content (AvgIpc) is 2.90. The molecule has 0 unspecified atom stereocenters. The first kappa shape index (κ1) is 25.4. The van der Waals surface area contributed by atoms with Crippen LogP contribution in [0.1, 0.15) is 39.1 Å². The Balaban J connectivity index is 1.49. The third-order valence-corrected chi connectivity index (χ3v) is 6.53. The van der Waals surface area contributed by atoms with Crippen molar-refractivity contribution < 1.29 is 18.7 Å². The molecule has 1 aliphatic rings. The van der Waals surface area contributed by atoms with Gasteiger partial charge in [-0.3, -0.25) is 9.59 Å². The first-order chi connectivity index (χ1) is 17.5. The summed E-state index contributed by atoms with van der Waals surface area (Å²) in [5.41, 5.74) is 3.03. The highest BCUT2D eigenvalue weighted by Crippen LogP contribution is 2.30. The summed E-state index contributed by atoms with van der Waals surface area (Å²) < 4.78 is 19.1. The smallest absolute Gasteiger partial charge is 0.258 e. The van der Waals surface area contributed by atoms with Crippen LogP contribution >= 0.6 is 0 Å². The molecule has 4 rings (SSSR count). The van der Waals surface area contributed by atoms with Gasteiger partial charge >= 0.3 is 0 Å². The number of hydrogen-bond acceptors (Lipinski definition) is 4. The standard InChI is InChI=1S/C29H32FN3O3/c1-36-18-15-31-28(34)25-20-23(32-29(35)24-9-5-6-10-26(24)30)11-12-27(25)33-16-13-22(14-17-33)19-21-7-3-2-4-8-21/h2-12,20,22H,13-19H2,1H3,(H,31,34)(H,32,35). The Hall–Kier alpha value is -3.71. The molecule has 188 valence electrons. The van der Waals surface area contributed by atoms with E-state index in [9.17, 15) is 14.0 Å². The topological polar surface area (TPSA) is 70.7 Å². The molecule has 1 aliphatic heterocycles. The van der Waals surface area contributed by atoms with Crippen LogP contribution in [0.25, 0.3) is 0 Å². The van der Waals surface area contributed by atoms with E-state index in [1.807, 2.05) is 12.1 Å². The van der Waals surface area contributed by atoms with Crippen molar-refractivity contribution in [2.24, 2.45) is 5.92 Å². The minimum Gasteiger partial charge on any atom is -0.383 e. The van der Waals surface area contributed by atoms with Crippen molar-refractivity contribution in [3.63, 3.8) is 0 Å². The lowest BCUT2D eigenvalue weighted by atomic mass is 9.89. The molecule has 6 nitrogen and oxygen atoms in total. The summed E-state index contributed by atoms with van der Waals surface area (Å²) in [5.74, 6) is -0.798. The third kappa shape index (κ3) is 6.49. The molecule has 0 bridgehead atoms. The maximum absolute atomic E-state index is 14.1. The van der Waals surface area contributed by atoms with Crippen molar-refractivity contribution in [2.45, 2.75) is 19.3 Å². The van der Waals surface area contributed by atoms with E-state index in [-0.39, 0.29) is 11.5 Å². The number of nitrogens with one attached hydrogen (secondary N) is 2. The molecule has 1 saturated heterocycles. The molecule has 0 atom stereocenters. The van der Waals surface area contributed by atoms with E-state index in [1.165, 1.54) is 23.8 Å². The molecule has 0 saturated carbocycles. The second-order valence-corrected chi connectivity index (χ2v) is 9.03. The fraction of sp³-hybridized carbons (Fsp3) is 0.310. The van der Waals surface area contributed by atoms with Crippen LogP contribution < -0.4 is 15.5 Å². The molecule has 2 amide bonds. The van der Waals surface area contributed by atoms with Crippen LogP contribution in [0.15, 0.2) is 72.8 Å².